The smallest absolute Gasteiger partial charge is 0.448 e. The van der Waals surface area contributed by atoms with Crippen molar-refractivity contribution < 1.29 is 41.0 Å². The lowest BCUT2D eigenvalue weighted by Gasteiger charge is -2.22. The zero-order chi connectivity index (χ0) is 33.9. The predicted molar refractivity (Wildman–Crippen MR) is 166 cm³/mol. The lowest BCUT2D eigenvalue weighted by molar-refractivity contribution is -0.360. The molecule has 2 heterocycles. The summed E-state index contributed by atoms with van der Waals surface area (Å²) in [4.78, 5) is 35.1. The van der Waals surface area contributed by atoms with Gasteiger partial charge in [0, 0.05) is 12.0 Å². The van der Waals surface area contributed by atoms with Crippen LogP contribution >= 0.6 is 11.8 Å². The number of aromatic nitrogens is 3. The van der Waals surface area contributed by atoms with Gasteiger partial charge in [-0.05, 0) is 59.9 Å². The van der Waals surface area contributed by atoms with E-state index in [0.29, 0.717) is 29.2 Å². The molecule has 0 unspecified atom stereocenters. The van der Waals surface area contributed by atoms with Gasteiger partial charge in [0.15, 0.2) is 11.0 Å². The monoisotopic (exact) mass is 673 g/mol. The Bertz CT molecular complexity index is 1790. The molecule has 1 saturated heterocycles. The summed E-state index contributed by atoms with van der Waals surface area (Å²) in [5.41, 5.74) is 4.53. The number of thioether (sulfide) groups is 1. The molecule has 9 nitrogen and oxygen atoms in total. The number of benzene rings is 3. The summed E-state index contributed by atoms with van der Waals surface area (Å²) in [7, 11) is 0. The molecule has 1 aliphatic rings. The van der Waals surface area contributed by atoms with Crippen molar-refractivity contribution in [3.8, 4) is 22.8 Å². The normalized spacial score (nSPS) is 14.7. The number of nitrogens with zero attached hydrogens (tertiary/aromatic N) is 5. The van der Waals surface area contributed by atoms with Crippen LogP contribution in [0.3, 0.4) is 0 Å². The van der Waals surface area contributed by atoms with Gasteiger partial charge in [-0.15, -0.1) is 5.10 Å². The first-order chi connectivity index (χ1) is 22.2. The molecular weight excluding hydrogens is 645 g/mol. The number of halogens is 5. The van der Waals surface area contributed by atoms with Gasteiger partial charge < -0.3 is 9.47 Å². The van der Waals surface area contributed by atoms with E-state index in [4.69, 9.17) is 4.74 Å². The number of hydrogen-bond acceptors (Lipinski definition) is 7. The average molecular weight is 674 g/mol. The minimum absolute atomic E-state index is 0.0523. The van der Waals surface area contributed by atoms with Gasteiger partial charge >= 0.3 is 18.4 Å². The van der Waals surface area contributed by atoms with Crippen molar-refractivity contribution >= 4 is 34.6 Å². The van der Waals surface area contributed by atoms with Crippen LogP contribution in [0.2, 0.25) is 0 Å². The second-order valence-electron chi connectivity index (χ2n) is 10.8. The summed E-state index contributed by atoms with van der Waals surface area (Å²) >= 11 is 1.18. The molecule has 1 fully saturated rings. The number of aliphatic imine (C=N–C) groups is 1. The number of hydrogen-bond donors (Lipinski definition) is 0. The van der Waals surface area contributed by atoms with Gasteiger partial charge in [-0.3, -0.25) is 9.69 Å². The molecule has 0 radical (unpaired) electrons. The molecular formula is C32H28F5N5O4S. The second kappa shape index (κ2) is 13.5. The first-order valence-corrected chi connectivity index (χ1v) is 15.3. The van der Waals surface area contributed by atoms with E-state index in [2.05, 4.69) is 19.8 Å². The predicted octanol–water partition coefficient (Wildman–Crippen LogP) is 7.72. The van der Waals surface area contributed by atoms with Gasteiger partial charge in [0.25, 0.3) is 0 Å². The summed E-state index contributed by atoms with van der Waals surface area (Å²) in [5, 5.41) is 4.61. The highest BCUT2D eigenvalue weighted by atomic mass is 32.2. The van der Waals surface area contributed by atoms with Crippen LogP contribution < -0.4 is 9.64 Å². The van der Waals surface area contributed by atoms with Crippen LogP contribution in [0.4, 0.5) is 32.4 Å². The molecule has 0 bridgehead atoms. The van der Waals surface area contributed by atoms with Gasteiger partial charge in [0.1, 0.15) is 12.1 Å². The van der Waals surface area contributed by atoms with E-state index < -0.39 is 24.1 Å². The number of alkyl halides is 5. The number of carbonyl (C=O) groups is 2. The number of anilines is 1. The summed E-state index contributed by atoms with van der Waals surface area (Å²) in [5.74, 6) is -0.156. The van der Waals surface area contributed by atoms with Gasteiger partial charge in [-0.1, -0.05) is 62.0 Å². The molecule has 0 saturated carbocycles. The summed E-state index contributed by atoms with van der Waals surface area (Å²) < 4.78 is 73.9. The fourth-order valence-electron chi connectivity index (χ4n) is 4.60. The van der Waals surface area contributed by atoms with Crippen molar-refractivity contribution in [3.63, 3.8) is 0 Å². The highest BCUT2D eigenvalue weighted by molar-refractivity contribution is 8.15. The highest BCUT2D eigenvalue weighted by Crippen LogP contribution is 2.37. The Labute approximate surface area is 270 Å². The number of aryl methyl sites for hydroxylation is 1. The van der Waals surface area contributed by atoms with Crippen molar-refractivity contribution in [1.82, 2.24) is 14.8 Å². The Hall–Kier alpha value is -4.79. The van der Waals surface area contributed by atoms with Crippen molar-refractivity contribution in [2.45, 2.75) is 45.4 Å². The fourth-order valence-corrected chi connectivity index (χ4v) is 5.45. The van der Waals surface area contributed by atoms with Crippen LogP contribution in [0.25, 0.3) is 17.1 Å². The van der Waals surface area contributed by atoms with E-state index in [0.717, 1.165) is 28.8 Å². The first-order valence-electron chi connectivity index (χ1n) is 14.3. The van der Waals surface area contributed by atoms with E-state index in [1.54, 1.807) is 24.3 Å². The van der Waals surface area contributed by atoms with Crippen molar-refractivity contribution in [3.05, 3.63) is 89.7 Å². The molecule has 0 spiro atoms. The third-order valence-corrected chi connectivity index (χ3v) is 7.92. The zero-order valence-electron chi connectivity index (χ0n) is 25.3. The Morgan fingerprint density at radius 1 is 1.02 bits per heavy atom. The number of rotatable bonds is 9. The molecule has 4 aromatic rings. The van der Waals surface area contributed by atoms with Gasteiger partial charge in [0.05, 0.1) is 23.7 Å². The molecule has 1 aromatic heterocycles. The Kier molecular flexibility index (Phi) is 9.65. The third kappa shape index (κ3) is 7.79. The Morgan fingerprint density at radius 3 is 2.38 bits per heavy atom. The van der Waals surface area contributed by atoms with Crippen molar-refractivity contribution in [2.75, 3.05) is 17.3 Å². The van der Waals surface area contributed by atoms with Crippen LogP contribution in [0.15, 0.2) is 78.0 Å². The summed E-state index contributed by atoms with van der Waals surface area (Å²) in [6.45, 7) is 6.05. The van der Waals surface area contributed by atoms with Crippen LogP contribution in [0.5, 0.6) is 5.75 Å². The van der Waals surface area contributed by atoms with Gasteiger partial charge in [0.2, 0.25) is 5.91 Å². The zero-order valence-corrected chi connectivity index (χ0v) is 26.1. The maximum absolute atomic E-state index is 13.1. The van der Waals surface area contributed by atoms with E-state index in [1.807, 2.05) is 39.0 Å². The van der Waals surface area contributed by atoms with Crippen LogP contribution in [0.1, 0.15) is 36.5 Å². The van der Waals surface area contributed by atoms with Gasteiger partial charge in [-0.25, -0.2) is 14.5 Å². The van der Waals surface area contributed by atoms with E-state index >= 15 is 0 Å². The van der Waals surface area contributed by atoms with Crippen LogP contribution in [0, 0.1) is 6.92 Å². The molecule has 2 amide bonds. The second-order valence-corrected chi connectivity index (χ2v) is 11.8. The first kappa shape index (κ1) is 33.6. The molecule has 47 heavy (non-hydrogen) atoms. The molecule has 3 aromatic carbocycles. The van der Waals surface area contributed by atoms with Gasteiger partial charge in [-0.2, -0.15) is 26.9 Å². The summed E-state index contributed by atoms with van der Waals surface area (Å²) in [6.07, 6.45) is -10.2. The van der Waals surface area contributed by atoms with Crippen molar-refractivity contribution in [2.24, 2.45) is 4.99 Å². The number of carbonyl (C=O) groups excluding carboxylic acids is 2. The lowest BCUT2D eigenvalue weighted by atomic mass is 9.99. The molecule has 15 heteroatoms. The quantitative estimate of drug-likeness (QED) is 0.168. The van der Waals surface area contributed by atoms with Crippen LogP contribution in [-0.4, -0.2) is 56.6 Å². The minimum Gasteiger partial charge on any atom is -0.448 e. The minimum atomic E-state index is -5.85. The maximum atomic E-state index is 13.1. The lowest BCUT2D eigenvalue weighted by Crippen LogP contribution is -2.41. The van der Waals surface area contributed by atoms with E-state index in [1.165, 1.54) is 39.8 Å². The maximum Gasteiger partial charge on any atom is 0.499 e. The molecule has 1 aliphatic heterocycles. The molecule has 0 atom stereocenters. The SMILES string of the molecule is Cc1ccc(C(C)C)c(N2C(=O)CSC2=NC(=O)OCCc2ccc(-c3ncn(-c4ccc(OC(F)(F)C(F)(F)F)cc4)n3)cc2)c1. The summed E-state index contributed by atoms with van der Waals surface area (Å²) in [6, 6.07) is 17.5. The van der Waals surface area contributed by atoms with E-state index in [9.17, 15) is 31.5 Å². The standard InChI is InChI=1S/C32H28F5N5O4S/c1-19(2)25-13-4-20(3)16-26(25)42-27(43)17-47-29(42)39-30(44)45-15-14-21-5-7-22(8-6-21)28-38-18-41(40-28)23-9-11-24(12-10-23)46-32(36,37)31(33,34)35/h4-13,16,18-19H,14-15,17H2,1-3H3. The van der Waals surface area contributed by atoms with E-state index in [-0.39, 0.29) is 29.4 Å². The molecule has 0 aliphatic carbocycles. The van der Waals surface area contributed by atoms with Crippen LogP contribution in [-0.2, 0) is 16.0 Å². The molecule has 0 N–H and O–H groups in total. The molecule has 246 valence electrons. The number of amides is 2. The number of amidine groups is 1. The number of ether oxygens (including phenoxy) is 2. The third-order valence-electron chi connectivity index (χ3n) is 7.00. The van der Waals surface area contributed by atoms with Crippen molar-refractivity contribution in [1.29, 1.82) is 0 Å². The topological polar surface area (TPSA) is 98.9 Å². The average Bonchev–Trinajstić information content (AvgIpc) is 3.64. The largest absolute Gasteiger partial charge is 0.499 e. The molecule has 5 rings (SSSR count). The fraction of sp³-hybridized carbons (Fsp3) is 0.281. The Morgan fingerprint density at radius 2 is 1.72 bits per heavy atom. The highest BCUT2D eigenvalue weighted by Gasteiger charge is 2.61. The Balaban J connectivity index is 1.17.